The van der Waals surface area contributed by atoms with Crippen molar-refractivity contribution >= 4 is 39.4 Å². The summed E-state index contributed by atoms with van der Waals surface area (Å²) < 4.78 is 19.7. The molecule has 0 bridgehead atoms. The van der Waals surface area contributed by atoms with Gasteiger partial charge in [-0.25, -0.2) is 9.18 Å². The maximum Gasteiger partial charge on any atom is 0.414 e. The number of amides is 2. The highest BCUT2D eigenvalue weighted by Crippen LogP contribution is 2.35. The van der Waals surface area contributed by atoms with Crippen molar-refractivity contribution in [3.8, 4) is 5.06 Å². The first kappa shape index (κ1) is 25.9. The van der Waals surface area contributed by atoms with Gasteiger partial charge in [-0.1, -0.05) is 48.1 Å². The quantitative estimate of drug-likeness (QED) is 0.269. The second-order valence-corrected chi connectivity index (χ2v) is 11.0. The van der Waals surface area contributed by atoms with E-state index in [0.29, 0.717) is 32.2 Å². The number of fused-ring (bicyclic) bond motifs is 1. The van der Waals surface area contributed by atoms with Crippen LogP contribution < -0.4 is 15.4 Å². The van der Waals surface area contributed by atoms with E-state index in [1.54, 1.807) is 38.1 Å². The molecule has 1 saturated heterocycles. The Labute approximate surface area is 224 Å². The molecule has 0 aliphatic carbocycles. The summed E-state index contributed by atoms with van der Waals surface area (Å²) in [6.07, 6.45) is 3.06. The van der Waals surface area contributed by atoms with Crippen LogP contribution >= 0.6 is 11.3 Å². The fourth-order valence-electron chi connectivity index (χ4n) is 4.66. The van der Waals surface area contributed by atoms with Crippen LogP contribution in [0.4, 0.5) is 15.0 Å². The van der Waals surface area contributed by atoms with Crippen molar-refractivity contribution in [3.05, 3.63) is 77.1 Å². The number of rotatable bonds is 7. The van der Waals surface area contributed by atoms with Crippen LogP contribution in [0, 0.1) is 5.82 Å². The molecule has 2 amide bonds. The lowest BCUT2D eigenvalue weighted by atomic mass is 9.94. The van der Waals surface area contributed by atoms with Crippen LogP contribution in [-0.4, -0.2) is 40.2 Å². The van der Waals surface area contributed by atoms with Crippen molar-refractivity contribution in [2.24, 2.45) is 0 Å². The Kier molecular flexibility index (Phi) is 7.44. The highest BCUT2D eigenvalue weighted by molar-refractivity contribution is 7.20. The minimum atomic E-state index is -0.983. The summed E-state index contributed by atoms with van der Waals surface area (Å²) in [5, 5.41) is 13.5. The molecule has 3 N–H and O–H groups in total. The molecular weight excluding hydrogens is 505 g/mol. The van der Waals surface area contributed by atoms with Crippen LogP contribution in [0.3, 0.4) is 0 Å². The van der Waals surface area contributed by atoms with E-state index in [1.165, 1.54) is 30.9 Å². The van der Waals surface area contributed by atoms with Crippen molar-refractivity contribution in [1.29, 1.82) is 0 Å². The number of carbonyl (C=O) groups is 2. The van der Waals surface area contributed by atoms with Gasteiger partial charge in [0.2, 0.25) is 0 Å². The van der Waals surface area contributed by atoms with Gasteiger partial charge in [0.25, 0.3) is 5.91 Å². The number of nitrogens with zero attached hydrogens (tertiary/aromatic N) is 2. The van der Waals surface area contributed by atoms with Gasteiger partial charge in [-0.3, -0.25) is 14.8 Å². The minimum absolute atomic E-state index is 0.266. The molecule has 2 aromatic carbocycles. The minimum Gasteiger partial charge on any atom is -0.399 e. The third kappa shape index (κ3) is 5.87. The number of nitrogens with one attached hydrogen (secondary N) is 3. The van der Waals surface area contributed by atoms with E-state index in [1.807, 2.05) is 24.3 Å². The molecule has 0 spiro atoms. The van der Waals surface area contributed by atoms with Gasteiger partial charge in [-0.2, -0.15) is 5.10 Å². The summed E-state index contributed by atoms with van der Waals surface area (Å²) in [5.74, 6) is -0.261. The number of H-pyrrole nitrogens is 1. The molecule has 0 saturated carbocycles. The van der Waals surface area contributed by atoms with Crippen molar-refractivity contribution in [2.75, 3.05) is 18.4 Å². The SMILES string of the molecule is CC(C)(NC(=O)Oc1cc2c(NC(=O)c3ccc(CN4CCCCC4)cc3)[nH]nc2s1)c1ccccc1F. The Morgan fingerprint density at radius 3 is 2.58 bits per heavy atom. The van der Waals surface area contributed by atoms with Crippen LogP contribution in [0.2, 0.25) is 0 Å². The number of aromatic nitrogens is 2. The molecule has 3 heterocycles. The smallest absolute Gasteiger partial charge is 0.399 e. The second-order valence-electron chi connectivity index (χ2n) is 9.99. The van der Waals surface area contributed by atoms with Gasteiger partial charge in [-0.15, -0.1) is 0 Å². The Bertz CT molecular complexity index is 1440. The predicted molar refractivity (Wildman–Crippen MR) is 146 cm³/mol. The fourth-order valence-corrected chi connectivity index (χ4v) is 5.51. The fraction of sp³-hybridized carbons (Fsp3) is 0.321. The summed E-state index contributed by atoms with van der Waals surface area (Å²) in [4.78, 5) is 28.4. The predicted octanol–water partition coefficient (Wildman–Crippen LogP) is 6.03. The summed E-state index contributed by atoms with van der Waals surface area (Å²) in [6.45, 7) is 6.53. The van der Waals surface area contributed by atoms with Gasteiger partial charge in [0.15, 0.2) is 9.89 Å². The van der Waals surface area contributed by atoms with E-state index in [-0.39, 0.29) is 5.91 Å². The van der Waals surface area contributed by atoms with Gasteiger partial charge in [0.05, 0.1) is 10.9 Å². The second kappa shape index (κ2) is 10.9. The molecule has 8 nitrogen and oxygen atoms in total. The number of piperidine rings is 1. The maximum atomic E-state index is 14.2. The average Bonchev–Trinajstić information content (AvgIpc) is 3.45. The highest BCUT2D eigenvalue weighted by atomic mass is 32.1. The highest BCUT2D eigenvalue weighted by Gasteiger charge is 2.27. The zero-order chi connectivity index (χ0) is 26.7. The zero-order valence-electron chi connectivity index (χ0n) is 21.3. The molecule has 0 unspecified atom stereocenters. The summed E-state index contributed by atoms with van der Waals surface area (Å²) in [7, 11) is 0. The van der Waals surface area contributed by atoms with Gasteiger partial charge in [0, 0.05) is 23.7 Å². The number of hydrogen-bond donors (Lipinski definition) is 3. The van der Waals surface area contributed by atoms with Gasteiger partial charge in [0.1, 0.15) is 11.6 Å². The molecule has 198 valence electrons. The molecule has 1 fully saturated rings. The number of anilines is 1. The van der Waals surface area contributed by atoms with Crippen LogP contribution in [0.1, 0.15) is 54.6 Å². The lowest BCUT2D eigenvalue weighted by molar-refractivity contribution is 0.102. The van der Waals surface area contributed by atoms with E-state index in [4.69, 9.17) is 4.74 Å². The normalized spacial score (nSPS) is 14.4. The summed E-state index contributed by atoms with van der Waals surface area (Å²) >= 11 is 1.16. The molecule has 4 aromatic rings. The average molecular weight is 536 g/mol. The summed E-state index contributed by atoms with van der Waals surface area (Å²) in [6, 6.07) is 15.5. The third-order valence-electron chi connectivity index (χ3n) is 6.69. The number of carbonyl (C=O) groups excluding carboxylic acids is 2. The number of aromatic amines is 1. The largest absolute Gasteiger partial charge is 0.414 e. The molecule has 38 heavy (non-hydrogen) atoms. The van der Waals surface area contributed by atoms with Crippen molar-refractivity contribution in [2.45, 2.75) is 45.2 Å². The van der Waals surface area contributed by atoms with Crippen LogP contribution in [0.15, 0.2) is 54.6 Å². The molecule has 5 rings (SSSR count). The lowest BCUT2D eigenvalue weighted by Crippen LogP contribution is -2.43. The van der Waals surface area contributed by atoms with E-state index in [9.17, 15) is 14.0 Å². The van der Waals surface area contributed by atoms with Crippen molar-refractivity contribution in [1.82, 2.24) is 20.4 Å². The van der Waals surface area contributed by atoms with Crippen LogP contribution in [0.5, 0.6) is 5.06 Å². The Balaban J connectivity index is 1.21. The Morgan fingerprint density at radius 2 is 1.84 bits per heavy atom. The van der Waals surface area contributed by atoms with E-state index < -0.39 is 17.4 Å². The van der Waals surface area contributed by atoms with Crippen LogP contribution in [-0.2, 0) is 12.1 Å². The zero-order valence-corrected chi connectivity index (χ0v) is 22.2. The third-order valence-corrected chi connectivity index (χ3v) is 7.60. The van der Waals surface area contributed by atoms with Crippen molar-refractivity contribution < 1.29 is 18.7 Å². The molecule has 0 radical (unpaired) electrons. The lowest BCUT2D eigenvalue weighted by Gasteiger charge is -2.26. The summed E-state index contributed by atoms with van der Waals surface area (Å²) in [5.41, 5.74) is 1.09. The van der Waals surface area contributed by atoms with Gasteiger partial charge in [-0.05, 0) is 63.5 Å². The number of benzene rings is 2. The Hall–Kier alpha value is -3.76. The van der Waals surface area contributed by atoms with Gasteiger partial charge < -0.3 is 15.4 Å². The van der Waals surface area contributed by atoms with Gasteiger partial charge >= 0.3 is 6.09 Å². The maximum absolute atomic E-state index is 14.2. The molecule has 2 aromatic heterocycles. The molecule has 0 atom stereocenters. The molecule has 1 aliphatic heterocycles. The van der Waals surface area contributed by atoms with E-state index >= 15 is 0 Å². The van der Waals surface area contributed by atoms with Crippen LogP contribution in [0.25, 0.3) is 10.2 Å². The molecule has 10 heteroatoms. The van der Waals surface area contributed by atoms with E-state index in [0.717, 1.165) is 31.0 Å². The molecular formula is C28H30FN5O3S. The number of ether oxygens (including phenoxy) is 1. The number of hydrogen-bond acceptors (Lipinski definition) is 6. The monoisotopic (exact) mass is 535 g/mol. The number of likely N-dealkylation sites (tertiary alicyclic amines) is 1. The Morgan fingerprint density at radius 1 is 1.11 bits per heavy atom. The van der Waals surface area contributed by atoms with E-state index in [2.05, 4.69) is 25.7 Å². The first-order valence-electron chi connectivity index (χ1n) is 12.6. The topological polar surface area (TPSA) is 99.4 Å². The first-order chi connectivity index (χ1) is 18.3. The van der Waals surface area contributed by atoms with Crippen molar-refractivity contribution in [3.63, 3.8) is 0 Å². The standard InChI is InChI=1S/C28H30FN5O3S/c1-28(2,21-8-4-5-9-22(21)29)31-27(36)37-23-16-20-24(32-33-26(20)38-23)30-25(35)19-12-10-18(11-13-19)17-34-14-6-3-7-15-34/h4-5,8-13,16H,3,6-7,14-15,17H2,1-2H3,(H,31,36)(H2,30,32,33,35). The number of thiophene rings is 1. The first-order valence-corrected chi connectivity index (χ1v) is 13.5. The number of halogens is 1. The molecule has 1 aliphatic rings.